The fourth-order valence-electron chi connectivity index (χ4n) is 2.11. The molecule has 0 spiro atoms. The Balaban J connectivity index is 2.14. The molecule has 0 aliphatic heterocycles. The van der Waals surface area contributed by atoms with E-state index >= 15 is 0 Å². The number of hydrogen-bond donors (Lipinski definition) is 1. The van der Waals surface area contributed by atoms with E-state index in [-0.39, 0.29) is 5.88 Å². The van der Waals surface area contributed by atoms with Crippen molar-refractivity contribution in [1.29, 1.82) is 0 Å². The van der Waals surface area contributed by atoms with Crippen molar-refractivity contribution in [3.8, 4) is 5.75 Å². The number of oxime groups is 1. The molecule has 0 heterocycles. The van der Waals surface area contributed by atoms with Gasteiger partial charge in [0.15, 0.2) is 0 Å². The van der Waals surface area contributed by atoms with Gasteiger partial charge in [0.25, 0.3) is 0 Å². The average molecular weight is 504 g/mol. The molecule has 1 N–H and O–H groups in total. The zero-order valence-electron chi connectivity index (χ0n) is 16.8. The van der Waals surface area contributed by atoms with Crippen molar-refractivity contribution in [3.63, 3.8) is 0 Å². The minimum atomic E-state index is -2.50. The highest BCUT2D eigenvalue weighted by Crippen LogP contribution is 2.56. The predicted octanol–water partition coefficient (Wildman–Crippen LogP) is 6.58. The standard InChI is InChI=1S/C19H23ClN3O3PS3/c1-4-27(28,26-18-12-10-16(20)11-13-18)23(17-8-6-5-7-9-17)30-14-21-19(24)25-22-15(2)29-3/h5-13H,4,14H2,1-3H3,(H,21,24). The van der Waals surface area contributed by atoms with Crippen molar-refractivity contribution in [1.82, 2.24) is 5.32 Å². The zero-order chi connectivity index (χ0) is 22.0. The van der Waals surface area contributed by atoms with Gasteiger partial charge < -0.3 is 9.84 Å². The molecule has 0 radical (unpaired) electrons. The third-order valence-corrected chi connectivity index (χ3v) is 10.3. The van der Waals surface area contributed by atoms with Crippen molar-refractivity contribution >= 4 is 70.4 Å². The molecule has 0 bridgehead atoms. The van der Waals surface area contributed by atoms with E-state index in [9.17, 15) is 4.79 Å². The van der Waals surface area contributed by atoms with Gasteiger partial charge in [0.1, 0.15) is 10.8 Å². The summed E-state index contributed by atoms with van der Waals surface area (Å²) in [6.07, 6.45) is -0.661. The van der Waals surface area contributed by atoms with Crippen molar-refractivity contribution < 1.29 is 14.2 Å². The first kappa shape index (κ1) is 24.9. The van der Waals surface area contributed by atoms with Gasteiger partial charge in [0.2, 0.25) is 6.42 Å². The lowest BCUT2D eigenvalue weighted by Crippen LogP contribution is -2.26. The van der Waals surface area contributed by atoms with Crippen LogP contribution in [0.3, 0.4) is 0 Å². The summed E-state index contributed by atoms with van der Waals surface area (Å²) in [5.41, 5.74) is 0.896. The number of thioether (sulfide) groups is 1. The summed E-state index contributed by atoms with van der Waals surface area (Å²) in [5, 5.41) is 7.68. The molecule has 0 aliphatic carbocycles. The lowest BCUT2D eigenvalue weighted by molar-refractivity contribution is 0.153. The Morgan fingerprint density at radius 2 is 1.90 bits per heavy atom. The summed E-state index contributed by atoms with van der Waals surface area (Å²) in [6, 6.07) is 16.8. The first-order valence-corrected chi connectivity index (χ1v) is 14.3. The van der Waals surface area contributed by atoms with Crippen LogP contribution in [-0.4, -0.2) is 29.4 Å². The second-order valence-corrected chi connectivity index (χ2v) is 12.6. The third kappa shape index (κ3) is 7.71. The summed E-state index contributed by atoms with van der Waals surface area (Å²) < 4.78 is 8.24. The molecule has 1 atom stereocenters. The van der Waals surface area contributed by atoms with E-state index in [1.165, 1.54) is 23.7 Å². The lowest BCUT2D eigenvalue weighted by Gasteiger charge is -2.34. The Morgan fingerprint density at radius 1 is 1.23 bits per heavy atom. The molecule has 1 amide bonds. The number of benzene rings is 2. The number of nitrogens with one attached hydrogen (secondary N) is 1. The highest BCUT2D eigenvalue weighted by molar-refractivity contribution is 8.21. The van der Waals surface area contributed by atoms with Crippen LogP contribution in [0.1, 0.15) is 13.8 Å². The van der Waals surface area contributed by atoms with Crippen LogP contribution in [0.4, 0.5) is 10.5 Å². The molecule has 0 saturated heterocycles. The molecule has 2 aromatic carbocycles. The molecule has 6 nitrogen and oxygen atoms in total. The Bertz CT molecular complexity index is 901. The van der Waals surface area contributed by atoms with Gasteiger partial charge in [0, 0.05) is 11.2 Å². The summed E-state index contributed by atoms with van der Waals surface area (Å²) >= 11 is 14.7. The molecule has 30 heavy (non-hydrogen) atoms. The molecule has 2 rings (SSSR count). The smallest absolute Gasteiger partial charge is 0.434 e. The minimum absolute atomic E-state index is 0.240. The lowest BCUT2D eigenvalue weighted by atomic mass is 10.3. The second-order valence-electron chi connectivity index (χ2n) is 5.75. The average Bonchev–Trinajstić information content (AvgIpc) is 2.77. The summed E-state index contributed by atoms with van der Waals surface area (Å²) in [4.78, 5) is 16.7. The largest absolute Gasteiger partial charge is 0.448 e. The van der Waals surface area contributed by atoms with Crippen LogP contribution in [-0.2, 0) is 16.6 Å². The van der Waals surface area contributed by atoms with Crippen molar-refractivity contribution in [2.24, 2.45) is 5.16 Å². The number of para-hydroxylation sites is 1. The normalized spacial score (nSPS) is 13.3. The number of halogens is 1. The SMILES string of the molecule is CCP(=S)(Oc1ccc(Cl)cc1)N(SCNC(=O)ON=C(C)SC)c1ccccc1. The van der Waals surface area contributed by atoms with Gasteiger partial charge in [-0.25, -0.2) is 4.79 Å². The minimum Gasteiger partial charge on any atom is -0.448 e. The van der Waals surface area contributed by atoms with E-state index in [4.69, 9.17) is 32.8 Å². The van der Waals surface area contributed by atoms with Gasteiger partial charge in [-0.15, -0.1) is 11.8 Å². The molecule has 11 heteroatoms. The van der Waals surface area contributed by atoms with Crippen LogP contribution < -0.4 is 13.9 Å². The maximum absolute atomic E-state index is 11.9. The number of rotatable bonds is 9. The highest BCUT2D eigenvalue weighted by Gasteiger charge is 2.28. The fraction of sp³-hybridized carbons (Fsp3) is 0.263. The number of carbonyl (C=O) groups is 1. The second kappa shape index (κ2) is 12.5. The molecular formula is C19H23ClN3O3PS3. The number of anilines is 1. The molecule has 1 unspecified atom stereocenters. The number of hydrogen-bond acceptors (Lipinski definition) is 7. The molecule has 0 fully saturated rings. The Hall–Kier alpha value is -1.38. The predicted molar refractivity (Wildman–Crippen MR) is 135 cm³/mol. The van der Waals surface area contributed by atoms with E-state index in [0.717, 1.165) is 5.69 Å². The first-order chi connectivity index (χ1) is 14.4. The van der Waals surface area contributed by atoms with Crippen LogP contribution in [0.5, 0.6) is 5.75 Å². The number of amides is 1. The van der Waals surface area contributed by atoms with Crippen LogP contribution >= 0.6 is 41.7 Å². The number of carbonyl (C=O) groups excluding carboxylic acids is 1. The van der Waals surface area contributed by atoms with Crippen molar-refractivity contribution in [2.75, 3.05) is 22.4 Å². The van der Waals surface area contributed by atoms with Gasteiger partial charge in [-0.2, -0.15) is 0 Å². The van der Waals surface area contributed by atoms with Crippen molar-refractivity contribution in [3.05, 3.63) is 59.6 Å². The zero-order valence-corrected chi connectivity index (χ0v) is 20.9. The van der Waals surface area contributed by atoms with Crippen LogP contribution in [0, 0.1) is 0 Å². The Morgan fingerprint density at radius 3 is 2.50 bits per heavy atom. The van der Waals surface area contributed by atoms with E-state index in [1.807, 2.05) is 47.6 Å². The maximum Gasteiger partial charge on any atom is 0.434 e. The Labute approximate surface area is 196 Å². The summed E-state index contributed by atoms with van der Waals surface area (Å²) in [6.45, 7) is 3.75. The van der Waals surface area contributed by atoms with Gasteiger partial charge in [-0.1, -0.05) is 41.9 Å². The van der Waals surface area contributed by atoms with Crippen LogP contribution in [0.25, 0.3) is 0 Å². The van der Waals surface area contributed by atoms with E-state index in [1.54, 1.807) is 31.2 Å². The topological polar surface area (TPSA) is 63.2 Å². The van der Waals surface area contributed by atoms with Crippen LogP contribution in [0.15, 0.2) is 59.8 Å². The van der Waals surface area contributed by atoms with Gasteiger partial charge in [-0.3, -0.25) is 8.91 Å². The van der Waals surface area contributed by atoms with Gasteiger partial charge >= 0.3 is 6.09 Å². The van der Waals surface area contributed by atoms with Gasteiger partial charge in [-0.05, 0) is 73.3 Å². The molecule has 0 aromatic heterocycles. The van der Waals surface area contributed by atoms with E-state index in [0.29, 0.717) is 22.0 Å². The third-order valence-electron chi connectivity index (χ3n) is 3.67. The van der Waals surface area contributed by atoms with Gasteiger partial charge in [0.05, 0.1) is 11.6 Å². The maximum atomic E-state index is 11.9. The van der Waals surface area contributed by atoms with E-state index < -0.39 is 12.5 Å². The van der Waals surface area contributed by atoms with E-state index in [2.05, 4.69) is 10.5 Å². The molecule has 2 aromatic rings. The molecular weight excluding hydrogens is 481 g/mol. The fourth-order valence-corrected chi connectivity index (χ4v) is 6.61. The Kier molecular flexibility index (Phi) is 10.3. The summed E-state index contributed by atoms with van der Waals surface area (Å²) in [5.74, 6) is 0.893. The summed E-state index contributed by atoms with van der Waals surface area (Å²) in [7, 11) is 0. The molecule has 0 aliphatic rings. The quantitative estimate of drug-likeness (QED) is 0.0788. The first-order valence-electron chi connectivity index (χ1n) is 8.94. The number of nitrogens with zero attached hydrogens (tertiary/aromatic N) is 2. The molecule has 0 saturated carbocycles. The highest BCUT2D eigenvalue weighted by atomic mass is 35.5. The molecule has 162 valence electrons. The van der Waals surface area contributed by atoms with Crippen LogP contribution in [0.2, 0.25) is 5.02 Å². The van der Waals surface area contributed by atoms with Crippen molar-refractivity contribution in [2.45, 2.75) is 13.8 Å². The monoisotopic (exact) mass is 503 g/mol.